The van der Waals surface area contributed by atoms with Crippen molar-refractivity contribution in [3.63, 3.8) is 0 Å². The summed E-state index contributed by atoms with van der Waals surface area (Å²) in [5.74, 6) is 0. The van der Waals surface area contributed by atoms with Gasteiger partial charge in [-0.1, -0.05) is 23.7 Å². The molecule has 0 aromatic heterocycles. The van der Waals surface area contributed by atoms with Crippen LogP contribution >= 0.6 is 11.6 Å². The number of halogens is 1. The lowest BCUT2D eigenvalue weighted by molar-refractivity contribution is 0.0983. The van der Waals surface area contributed by atoms with E-state index in [0.29, 0.717) is 12.6 Å². The van der Waals surface area contributed by atoms with Gasteiger partial charge in [0.25, 0.3) is 0 Å². The minimum Gasteiger partial charge on any atom is -0.450 e. The first-order valence-corrected chi connectivity index (χ1v) is 7.01. The van der Waals surface area contributed by atoms with Crippen LogP contribution in [0.15, 0.2) is 24.3 Å². The molecule has 1 aliphatic heterocycles. The molecule has 104 valence electrons. The van der Waals surface area contributed by atoms with Crippen molar-refractivity contribution in [1.29, 1.82) is 0 Å². The minimum absolute atomic E-state index is 0.210. The highest BCUT2D eigenvalue weighted by molar-refractivity contribution is 6.33. The number of ether oxygens (including phenoxy) is 1. The summed E-state index contributed by atoms with van der Waals surface area (Å²) >= 11 is 6.12. The minimum atomic E-state index is -0.210. The van der Waals surface area contributed by atoms with E-state index < -0.39 is 0 Å². The van der Waals surface area contributed by atoms with Crippen molar-refractivity contribution in [3.8, 4) is 0 Å². The number of piperidine rings is 1. The average Bonchev–Trinajstić information content (AvgIpc) is 2.42. The van der Waals surface area contributed by atoms with Gasteiger partial charge in [-0.15, -0.1) is 0 Å². The maximum Gasteiger partial charge on any atom is 0.409 e. The smallest absolute Gasteiger partial charge is 0.409 e. The molecule has 1 aromatic rings. The van der Waals surface area contributed by atoms with E-state index in [1.807, 2.05) is 31.2 Å². The van der Waals surface area contributed by atoms with Crippen molar-refractivity contribution >= 4 is 23.4 Å². The van der Waals surface area contributed by atoms with Crippen LogP contribution in [0.4, 0.5) is 10.5 Å². The van der Waals surface area contributed by atoms with E-state index in [4.69, 9.17) is 16.3 Å². The Bertz CT molecular complexity index is 431. The number of carbonyl (C=O) groups excluding carboxylic acids is 1. The Morgan fingerprint density at radius 3 is 2.74 bits per heavy atom. The summed E-state index contributed by atoms with van der Waals surface area (Å²) in [6, 6.07) is 8.07. The molecule has 2 rings (SSSR count). The van der Waals surface area contributed by atoms with Crippen LogP contribution in [0, 0.1) is 0 Å². The molecule has 0 atom stereocenters. The van der Waals surface area contributed by atoms with Crippen LogP contribution in [0.5, 0.6) is 0 Å². The average molecular weight is 283 g/mol. The Morgan fingerprint density at radius 2 is 2.11 bits per heavy atom. The predicted octanol–water partition coefficient (Wildman–Crippen LogP) is 3.37. The lowest BCUT2D eigenvalue weighted by Crippen LogP contribution is -2.42. The van der Waals surface area contributed by atoms with Crippen molar-refractivity contribution < 1.29 is 9.53 Å². The summed E-state index contributed by atoms with van der Waals surface area (Å²) in [6.07, 6.45) is 1.60. The normalized spacial score (nSPS) is 16.2. The van der Waals surface area contributed by atoms with Gasteiger partial charge in [-0.05, 0) is 31.9 Å². The number of hydrogen-bond donors (Lipinski definition) is 1. The van der Waals surface area contributed by atoms with Crippen molar-refractivity contribution in [2.75, 3.05) is 25.0 Å². The number of benzene rings is 1. The number of nitrogens with one attached hydrogen (secondary N) is 1. The van der Waals surface area contributed by atoms with Crippen LogP contribution in [0.2, 0.25) is 5.02 Å². The van der Waals surface area contributed by atoms with Crippen LogP contribution in [0.3, 0.4) is 0 Å². The fourth-order valence-corrected chi connectivity index (χ4v) is 2.41. The number of nitrogens with zero attached hydrogens (tertiary/aromatic N) is 1. The lowest BCUT2D eigenvalue weighted by Gasteiger charge is -2.32. The molecule has 0 bridgehead atoms. The number of hydrogen-bond acceptors (Lipinski definition) is 3. The Balaban J connectivity index is 1.84. The van der Waals surface area contributed by atoms with Gasteiger partial charge in [0.1, 0.15) is 0 Å². The second-order valence-corrected chi connectivity index (χ2v) is 4.99. The van der Waals surface area contributed by atoms with E-state index in [0.717, 1.165) is 36.6 Å². The first-order valence-electron chi connectivity index (χ1n) is 6.63. The summed E-state index contributed by atoms with van der Waals surface area (Å²) in [6.45, 7) is 3.70. The molecule has 1 fully saturated rings. The van der Waals surface area contributed by atoms with E-state index in [-0.39, 0.29) is 6.09 Å². The summed E-state index contributed by atoms with van der Waals surface area (Å²) < 4.78 is 5.00. The SMILES string of the molecule is CCOC(=O)N1CCC(Nc2ccccc2Cl)CC1. The third-order valence-corrected chi connectivity index (χ3v) is 3.58. The topological polar surface area (TPSA) is 41.6 Å². The molecule has 19 heavy (non-hydrogen) atoms. The Kier molecular flexibility index (Phi) is 4.91. The van der Waals surface area contributed by atoms with Crippen LogP contribution in [0.25, 0.3) is 0 Å². The number of likely N-dealkylation sites (tertiary alicyclic amines) is 1. The molecule has 1 aromatic carbocycles. The van der Waals surface area contributed by atoms with Crippen molar-refractivity contribution in [1.82, 2.24) is 4.90 Å². The number of rotatable bonds is 3. The van der Waals surface area contributed by atoms with E-state index in [9.17, 15) is 4.79 Å². The van der Waals surface area contributed by atoms with Gasteiger partial charge >= 0.3 is 6.09 Å². The molecule has 4 nitrogen and oxygen atoms in total. The van der Waals surface area contributed by atoms with Gasteiger partial charge < -0.3 is 15.0 Å². The first-order chi connectivity index (χ1) is 9.20. The summed E-state index contributed by atoms with van der Waals surface area (Å²) in [5.41, 5.74) is 0.957. The Labute approximate surface area is 118 Å². The zero-order valence-corrected chi connectivity index (χ0v) is 11.8. The van der Waals surface area contributed by atoms with Crippen molar-refractivity contribution in [2.24, 2.45) is 0 Å². The molecule has 1 heterocycles. The van der Waals surface area contributed by atoms with Gasteiger partial charge in [0.05, 0.1) is 17.3 Å². The van der Waals surface area contributed by atoms with Crippen LogP contribution in [0.1, 0.15) is 19.8 Å². The van der Waals surface area contributed by atoms with E-state index in [1.165, 1.54) is 0 Å². The van der Waals surface area contributed by atoms with Gasteiger partial charge in [0.2, 0.25) is 0 Å². The third kappa shape index (κ3) is 3.77. The fourth-order valence-electron chi connectivity index (χ4n) is 2.22. The molecular weight excluding hydrogens is 264 g/mol. The van der Waals surface area contributed by atoms with Crippen LogP contribution in [-0.4, -0.2) is 36.7 Å². The molecule has 0 saturated carbocycles. The fraction of sp³-hybridized carbons (Fsp3) is 0.500. The molecule has 0 radical (unpaired) electrons. The van der Waals surface area contributed by atoms with Crippen molar-refractivity contribution in [2.45, 2.75) is 25.8 Å². The van der Waals surface area contributed by atoms with E-state index >= 15 is 0 Å². The number of para-hydroxylation sites is 1. The van der Waals surface area contributed by atoms with Crippen molar-refractivity contribution in [3.05, 3.63) is 29.3 Å². The first kappa shape index (κ1) is 14.0. The quantitative estimate of drug-likeness (QED) is 0.924. The van der Waals surface area contributed by atoms with Gasteiger partial charge in [-0.3, -0.25) is 0 Å². The van der Waals surface area contributed by atoms with E-state index in [1.54, 1.807) is 4.90 Å². The molecule has 0 unspecified atom stereocenters. The zero-order chi connectivity index (χ0) is 13.7. The maximum absolute atomic E-state index is 11.6. The molecule has 0 aliphatic carbocycles. The highest BCUT2D eigenvalue weighted by Crippen LogP contribution is 2.24. The Hall–Kier alpha value is -1.42. The number of amides is 1. The summed E-state index contributed by atoms with van der Waals surface area (Å²) in [4.78, 5) is 13.3. The molecule has 5 heteroatoms. The molecule has 1 amide bonds. The highest BCUT2D eigenvalue weighted by Gasteiger charge is 2.23. The maximum atomic E-state index is 11.6. The molecule has 1 aliphatic rings. The third-order valence-electron chi connectivity index (χ3n) is 3.25. The zero-order valence-electron chi connectivity index (χ0n) is 11.1. The Morgan fingerprint density at radius 1 is 1.42 bits per heavy atom. The molecule has 1 saturated heterocycles. The molecule has 0 spiro atoms. The standard InChI is InChI=1S/C14H19ClN2O2/c1-2-19-14(18)17-9-7-11(8-10-17)16-13-6-4-3-5-12(13)15/h3-6,11,16H,2,7-10H2,1H3. The second-order valence-electron chi connectivity index (χ2n) is 4.58. The number of carbonyl (C=O) groups is 1. The van der Waals surface area contributed by atoms with Crippen LogP contribution in [-0.2, 0) is 4.74 Å². The monoisotopic (exact) mass is 282 g/mol. The van der Waals surface area contributed by atoms with Gasteiger partial charge in [-0.25, -0.2) is 4.79 Å². The van der Waals surface area contributed by atoms with E-state index in [2.05, 4.69) is 5.32 Å². The molecule has 1 N–H and O–H groups in total. The lowest BCUT2D eigenvalue weighted by atomic mass is 10.1. The van der Waals surface area contributed by atoms with Crippen LogP contribution < -0.4 is 5.32 Å². The summed E-state index contributed by atoms with van der Waals surface area (Å²) in [7, 11) is 0. The predicted molar refractivity (Wildman–Crippen MR) is 76.7 cm³/mol. The second kappa shape index (κ2) is 6.66. The van der Waals surface area contributed by atoms with Gasteiger partial charge in [-0.2, -0.15) is 0 Å². The summed E-state index contributed by atoms with van der Waals surface area (Å²) in [5, 5.41) is 4.16. The highest BCUT2D eigenvalue weighted by atomic mass is 35.5. The largest absolute Gasteiger partial charge is 0.450 e. The molecular formula is C14H19ClN2O2. The van der Waals surface area contributed by atoms with Gasteiger partial charge in [0, 0.05) is 19.1 Å². The van der Waals surface area contributed by atoms with Gasteiger partial charge in [0.15, 0.2) is 0 Å². The number of anilines is 1.